The van der Waals surface area contributed by atoms with Gasteiger partial charge in [-0.15, -0.1) is 0 Å². The molecule has 0 saturated heterocycles. The third kappa shape index (κ3) is 8.46. The van der Waals surface area contributed by atoms with Crippen molar-refractivity contribution in [3.8, 4) is 5.75 Å². The Balaban J connectivity index is 1.75. The second kappa shape index (κ2) is 11.4. The molecule has 0 aliphatic rings. The standard InChI is InChI=1S/C22H26F3N3O4/c1-14(2)11-26-20(30)15-6-8-17(9-7-15)28-21(31)27-12-18(29)13-32-19-5-3-4-16(10-19)22(23,24)25/h3-10,14,18,29H,11-13H2,1-2H3,(H,26,30)(H2,27,28,31). The highest BCUT2D eigenvalue weighted by molar-refractivity contribution is 5.95. The third-order valence-corrected chi connectivity index (χ3v) is 4.18. The number of amides is 3. The highest BCUT2D eigenvalue weighted by Gasteiger charge is 2.30. The topological polar surface area (TPSA) is 99.7 Å². The van der Waals surface area contributed by atoms with Gasteiger partial charge in [0.15, 0.2) is 0 Å². The van der Waals surface area contributed by atoms with Gasteiger partial charge in [0.25, 0.3) is 5.91 Å². The first-order valence-corrected chi connectivity index (χ1v) is 9.96. The van der Waals surface area contributed by atoms with E-state index < -0.39 is 23.9 Å². The molecular formula is C22H26F3N3O4. The average molecular weight is 453 g/mol. The van der Waals surface area contributed by atoms with E-state index in [0.717, 1.165) is 12.1 Å². The number of rotatable bonds is 9. The van der Waals surface area contributed by atoms with Gasteiger partial charge in [-0.25, -0.2) is 4.79 Å². The second-order valence-electron chi connectivity index (χ2n) is 7.51. The Morgan fingerprint density at radius 1 is 1.03 bits per heavy atom. The average Bonchev–Trinajstić information content (AvgIpc) is 2.74. The van der Waals surface area contributed by atoms with E-state index in [2.05, 4.69) is 16.0 Å². The fourth-order valence-corrected chi connectivity index (χ4v) is 2.50. The molecule has 0 radical (unpaired) electrons. The number of carbonyl (C=O) groups excluding carboxylic acids is 2. The van der Waals surface area contributed by atoms with Gasteiger partial charge in [0.1, 0.15) is 18.5 Å². The number of hydrogen-bond donors (Lipinski definition) is 4. The molecule has 3 amide bonds. The third-order valence-electron chi connectivity index (χ3n) is 4.18. The van der Waals surface area contributed by atoms with E-state index in [9.17, 15) is 27.9 Å². The summed E-state index contributed by atoms with van der Waals surface area (Å²) in [5.41, 5.74) is 0.0433. The molecule has 2 aromatic carbocycles. The molecule has 32 heavy (non-hydrogen) atoms. The lowest BCUT2D eigenvalue weighted by Crippen LogP contribution is -2.37. The van der Waals surface area contributed by atoms with Gasteiger partial charge in [-0.05, 0) is 48.4 Å². The van der Waals surface area contributed by atoms with E-state index in [4.69, 9.17) is 4.74 Å². The Bertz CT molecular complexity index is 902. The van der Waals surface area contributed by atoms with Gasteiger partial charge < -0.3 is 25.8 Å². The smallest absolute Gasteiger partial charge is 0.416 e. The molecule has 0 bridgehead atoms. The molecule has 0 aliphatic heterocycles. The van der Waals surface area contributed by atoms with E-state index in [-0.39, 0.29) is 24.8 Å². The summed E-state index contributed by atoms with van der Waals surface area (Å²) in [5, 5.41) is 17.7. The van der Waals surface area contributed by atoms with Gasteiger partial charge >= 0.3 is 12.2 Å². The molecule has 7 nitrogen and oxygen atoms in total. The molecule has 174 valence electrons. The van der Waals surface area contributed by atoms with Crippen molar-refractivity contribution in [1.29, 1.82) is 0 Å². The van der Waals surface area contributed by atoms with Crippen LogP contribution >= 0.6 is 0 Å². The summed E-state index contributed by atoms with van der Waals surface area (Å²) < 4.78 is 43.3. The zero-order valence-electron chi connectivity index (χ0n) is 17.7. The molecule has 4 N–H and O–H groups in total. The summed E-state index contributed by atoms with van der Waals surface area (Å²) in [6.45, 7) is 4.05. The van der Waals surface area contributed by atoms with Gasteiger partial charge in [-0.3, -0.25) is 4.79 Å². The first-order valence-electron chi connectivity index (χ1n) is 9.96. The van der Waals surface area contributed by atoms with Crippen LogP contribution in [0.1, 0.15) is 29.8 Å². The van der Waals surface area contributed by atoms with Crippen molar-refractivity contribution < 1.29 is 32.6 Å². The lowest BCUT2D eigenvalue weighted by molar-refractivity contribution is -0.137. The lowest BCUT2D eigenvalue weighted by atomic mass is 10.1. The van der Waals surface area contributed by atoms with Crippen LogP contribution in [0.15, 0.2) is 48.5 Å². The number of ether oxygens (including phenoxy) is 1. The van der Waals surface area contributed by atoms with E-state index >= 15 is 0 Å². The van der Waals surface area contributed by atoms with Crippen molar-refractivity contribution in [3.63, 3.8) is 0 Å². The van der Waals surface area contributed by atoms with Crippen LogP contribution in [-0.2, 0) is 6.18 Å². The number of urea groups is 1. The number of anilines is 1. The van der Waals surface area contributed by atoms with Crippen LogP contribution in [-0.4, -0.2) is 42.8 Å². The van der Waals surface area contributed by atoms with Crippen LogP contribution < -0.4 is 20.7 Å². The maximum absolute atomic E-state index is 12.7. The van der Waals surface area contributed by atoms with Crippen molar-refractivity contribution >= 4 is 17.6 Å². The number of alkyl halides is 3. The Labute approximate surface area is 184 Å². The van der Waals surface area contributed by atoms with Crippen LogP contribution in [0.25, 0.3) is 0 Å². The number of halogens is 3. The summed E-state index contributed by atoms with van der Waals surface area (Å²) in [6.07, 6.45) is -5.63. The van der Waals surface area contributed by atoms with Crippen LogP contribution in [0.4, 0.5) is 23.7 Å². The fourth-order valence-electron chi connectivity index (χ4n) is 2.50. The van der Waals surface area contributed by atoms with Crippen LogP contribution in [0.5, 0.6) is 5.75 Å². The largest absolute Gasteiger partial charge is 0.491 e. The van der Waals surface area contributed by atoms with Gasteiger partial charge in [0, 0.05) is 24.3 Å². The molecule has 0 saturated carbocycles. The molecule has 0 aliphatic carbocycles. The van der Waals surface area contributed by atoms with Crippen LogP contribution in [0.3, 0.4) is 0 Å². The number of nitrogens with one attached hydrogen (secondary N) is 3. The maximum Gasteiger partial charge on any atom is 0.416 e. The molecule has 1 unspecified atom stereocenters. The number of benzene rings is 2. The number of aliphatic hydroxyl groups is 1. The highest BCUT2D eigenvalue weighted by atomic mass is 19.4. The lowest BCUT2D eigenvalue weighted by Gasteiger charge is -2.15. The number of carbonyl (C=O) groups is 2. The van der Waals surface area contributed by atoms with Crippen molar-refractivity contribution in [3.05, 3.63) is 59.7 Å². The summed E-state index contributed by atoms with van der Waals surface area (Å²) in [6, 6.07) is 9.98. The maximum atomic E-state index is 12.7. The predicted molar refractivity (Wildman–Crippen MR) is 114 cm³/mol. The van der Waals surface area contributed by atoms with Crippen molar-refractivity contribution in [2.45, 2.75) is 26.1 Å². The molecular weight excluding hydrogens is 427 g/mol. The quantitative estimate of drug-likeness (QED) is 0.466. The van der Waals surface area contributed by atoms with Crippen LogP contribution in [0, 0.1) is 5.92 Å². The van der Waals surface area contributed by atoms with E-state index in [0.29, 0.717) is 23.7 Å². The minimum atomic E-state index is -4.49. The summed E-state index contributed by atoms with van der Waals surface area (Å²) in [4.78, 5) is 23.9. The molecule has 0 aromatic heterocycles. The molecule has 0 heterocycles. The predicted octanol–water partition coefficient (Wildman–Crippen LogP) is 3.65. The van der Waals surface area contributed by atoms with Crippen molar-refractivity contribution in [1.82, 2.24) is 10.6 Å². The van der Waals surface area contributed by atoms with E-state index in [1.165, 1.54) is 12.1 Å². The molecule has 2 rings (SSSR count). The van der Waals surface area contributed by atoms with Gasteiger partial charge in [0.05, 0.1) is 5.56 Å². The molecule has 2 aromatic rings. The Morgan fingerprint density at radius 2 is 1.72 bits per heavy atom. The first kappa shape index (κ1) is 25.0. The normalized spacial score (nSPS) is 12.2. The summed E-state index contributed by atoms with van der Waals surface area (Å²) in [5.74, 6) is 0.0776. The minimum absolute atomic E-state index is 0.0409. The number of hydrogen-bond acceptors (Lipinski definition) is 4. The molecule has 0 spiro atoms. The molecule has 10 heteroatoms. The van der Waals surface area contributed by atoms with Gasteiger partial charge in [-0.1, -0.05) is 19.9 Å². The molecule has 0 fully saturated rings. The zero-order chi connectivity index (χ0) is 23.7. The minimum Gasteiger partial charge on any atom is -0.491 e. The zero-order valence-corrected chi connectivity index (χ0v) is 17.7. The first-order chi connectivity index (χ1) is 15.0. The Kier molecular flexibility index (Phi) is 8.89. The SMILES string of the molecule is CC(C)CNC(=O)c1ccc(NC(=O)NCC(O)COc2cccc(C(F)(F)F)c2)cc1. The van der Waals surface area contributed by atoms with Crippen LogP contribution in [0.2, 0.25) is 0 Å². The molecule has 1 atom stereocenters. The Hall–Kier alpha value is -3.27. The van der Waals surface area contributed by atoms with Gasteiger partial charge in [-0.2, -0.15) is 13.2 Å². The highest BCUT2D eigenvalue weighted by Crippen LogP contribution is 2.31. The van der Waals surface area contributed by atoms with Gasteiger partial charge in [0.2, 0.25) is 0 Å². The van der Waals surface area contributed by atoms with Crippen molar-refractivity contribution in [2.24, 2.45) is 5.92 Å². The summed E-state index contributed by atoms with van der Waals surface area (Å²) in [7, 11) is 0. The summed E-state index contributed by atoms with van der Waals surface area (Å²) >= 11 is 0. The Morgan fingerprint density at radius 3 is 2.34 bits per heavy atom. The second-order valence-corrected chi connectivity index (χ2v) is 7.51. The fraction of sp³-hybridized carbons (Fsp3) is 0.364. The monoisotopic (exact) mass is 453 g/mol. The van der Waals surface area contributed by atoms with E-state index in [1.807, 2.05) is 13.8 Å². The number of aliphatic hydroxyl groups excluding tert-OH is 1. The van der Waals surface area contributed by atoms with E-state index in [1.54, 1.807) is 24.3 Å². The van der Waals surface area contributed by atoms with Crippen molar-refractivity contribution in [2.75, 3.05) is 25.0 Å².